The third-order valence-corrected chi connectivity index (χ3v) is 2.63. The third kappa shape index (κ3) is 3.05. The Bertz CT molecular complexity index is 572. The van der Waals surface area contributed by atoms with Crippen molar-refractivity contribution in [2.24, 2.45) is 0 Å². The summed E-state index contributed by atoms with van der Waals surface area (Å²) in [6.07, 6.45) is 1.56. The van der Waals surface area contributed by atoms with Gasteiger partial charge in [-0.15, -0.1) is 0 Å². The number of aromatic nitrogens is 2. The number of rotatable bonds is 4. The smallest absolute Gasteiger partial charge is 0.216 e. The molecule has 1 aromatic carbocycles. The first-order chi connectivity index (χ1) is 8.69. The van der Waals surface area contributed by atoms with Gasteiger partial charge in [0.05, 0.1) is 7.11 Å². The van der Waals surface area contributed by atoms with Crippen LogP contribution in [0.15, 0.2) is 36.7 Å². The monoisotopic (exact) mass is 262 g/mol. The van der Waals surface area contributed by atoms with Crippen LogP contribution in [0.5, 0.6) is 5.88 Å². The van der Waals surface area contributed by atoms with E-state index < -0.39 is 0 Å². The van der Waals surface area contributed by atoms with Crippen LogP contribution in [0, 0.1) is 0 Å². The lowest BCUT2D eigenvalue weighted by molar-refractivity contribution is 0.0987. The van der Waals surface area contributed by atoms with Crippen LogP contribution in [0.25, 0.3) is 0 Å². The molecule has 0 amide bonds. The maximum atomic E-state index is 12.0. The molecule has 0 aliphatic rings. The Morgan fingerprint density at radius 2 is 2.17 bits per heavy atom. The average Bonchev–Trinajstić information content (AvgIpc) is 2.39. The van der Waals surface area contributed by atoms with E-state index in [2.05, 4.69) is 9.97 Å². The van der Waals surface area contributed by atoms with Crippen LogP contribution in [0.4, 0.5) is 0 Å². The number of Topliss-reactive ketones (excluding diaryl/α,β-unsaturated/α-hetero) is 1. The highest BCUT2D eigenvalue weighted by Gasteiger charge is 2.10. The van der Waals surface area contributed by atoms with Crippen LogP contribution < -0.4 is 4.74 Å². The molecule has 0 bridgehead atoms. The summed E-state index contributed by atoms with van der Waals surface area (Å²) in [6.45, 7) is 0. The van der Waals surface area contributed by atoms with Gasteiger partial charge in [-0.1, -0.05) is 23.7 Å². The number of benzene rings is 1. The van der Waals surface area contributed by atoms with Crippen molar-refractivity contribution < 1.29 is 9.53 Å². The van der Waals surface area contributed by atoms with Gasteiger partial charge in [-0.3, -0.25) is 4.79 Å². The maximum absolute atomic E-state index is 12.0. The van der Waals surface area contributed by atoms with E-state index in [1.54, 1.807) is 12.1 Å². The van der Waals surface area contributed by atoms with Crippen molar-refractivity contribution in [3.63, 3.8) is 0 Å². The van der Waals surface area contributed by atoms with Crippen LogP contribution in [-0.4, -0.2) is 22.9 Å². The van der Waals surface area contributed by atoms with Crippen molar-refractivity contribution in [3.05, 3.63) is 52.9 Å². The first-order valence-corrected chi connectivity index (χ1v) is 5.70. The summed E-state index contributed by atoms with van der Waals surface area (Å²) in [5.74, 6) is 0.275. The van der Waals surface area contributed by atoms with Crippen LogP contribution in [0.2, 0.25) is 5.02 Å². The van der Waals surface area contributed by atoms with Gasteiger partial charge in [0.15, 0.2) is 5.78 Å². The Labute approximate surface area is 110 Å². The highest BCUT2D eigenvalue weighted by atomic mass is 35.5. The summed E-state index contributed by atoms with van der Waals surface area (Å²) < 4.78 is 4.95. The number of hydrogen-bond donors (Lipinski definition) is 0. The van der Waals surface area contributed by atoms with Gasteiger partial charge in [-0.2, -0.15) is 0 Å². The molecule has 0 unspecified atom stereocenters. The number of carbonyl (C=O) groups excluding carboxylic acids is 1. The quantitative estimate of drug-likeness (QED) is 0.795. The minimum absolute atomic E-state index is 0.0991. The van der Waals surface area contributed by atoms with Gasteiger partial charge in [0, 0.05) is 17.5 Å². The molecule has 0 spiro atoms. The molecule has 0 atom stereocenters. The molecule has 0 saturated heterocycles. The van der Waals surface area contributed by atoms with E-state index >= 15 is 0 Å². The minimum Gasteiger partial charge on any atom is -0.481 e. The molecule has 92 valence electrons. The Morgan fingerprint density at radius 3 is 2.89 bits per heavy atom. The van der Waals surface area contributed by atoms with E-state index in [4.69, 9.17) is 16.3 Å². The first-order valence-electron chi connectivity index (χ1n) is 5.32. The molecule has 0 fully saturated rings. The third-order valence-electron chi connectivity index (χ3n) is 2.39. The molecular formula is C13H11ClN2O2. The molecule has 0 aliphatic carbocycles. The highest BCUT2D eigenvalue weighted by Crippen LogP contribution is 2.14. The van der Waals surface area contributed by atoms with E-state index in [0.29, 0.717) is 16.6 Å². The fourth-order valence-corrected chi connectivity index (χ4v) is 1.74. The summed E-state index contributed by atoms with van der Waals surface area (Å²) >= 11 is 5.87. The predicted molar refractivity (Wildman–Crippen MR) is 68.1 cm³/mol. The fraction of sp³-hybridized carbons (Fsp3) is 0.154. The maximum Gasteiger partial charge on any atom is 0.216 e. The fourth-order valence-electron chi connectivity index (χ4n) is 1.53. The number of hydrogen-bond acceptors (Lipinski definition) is 4. The lowest BCUT2D eigenvalue weighted by Crippen LogP contribution is -2.06. The van der Waals surface area contributed by atoms with Crippen molar-refractivity contribution in [2.75, 3.05) is 7.11 Å². The molecule has 18 heavy (non-hydrogen) atoms. The topological polar surface area (TPSA) is 52.1 Å². The average molecular weight is 263 g/mol. The molecule has 1 heterocycles. The van der Waals surface area contributed by atoms with Gasteiger partial charge in [0.1, 0.15) is 12.0 Å². The van der Waals surface area contributed by atoms with Gasteiger partial charge in [0.2, 0.25) is 5.88 Å². The van der Waals surface area contributed by atoms with Crippen LogP contribution in [-0.2, 0) is 6.42 Å². The van der Waals surface area contributed by atoms with Gasteiger partial charge in [-0.05, 0) is 17.7 Å². The molecule has 0 radical (unpaired) electrons. The van der Waals surface area contributed by atoms with Gasteiger partial charge >= 0.3 is 0 Å². The van der Waals surface area contributed by atoms with Crippen molar-refractivity contribution in [1.29, 1.82) is 0 Å². The van der Waals surface area contributed by atoms with Crippen LogP contribution in [0.3, 0.4) is 0 Å². The molecular weight excluding hydrogens is 252 g/mol. The second-order valence-electron chi connectivity index (χ2n) is 3.68. The number of nitrogens with zero attached hydrogens (tertiary/aromatic N) is 2. The Hall–Kier alpha value is -1.94. The number of halogens is 1. The number of carbonyl (C=O) groups is 1. The zero-order valence-electron chi connectivity index (χ0n) is 9.76. The molecule has 0 N–H and O–H groups in total. The van der Waals surface area contributed by atoms with Crippen LogP contribution in [0.1, 0.15) is 16.1 Å². The standard InChI is InChI=1S/C13H11ClN2O2/c1-18-13-7-11(15-8-16-13)12(17)6-9-3-2-4-10(14)5-9/h2-5,7-8H,6H2,1H3. The molecule has 0 saturated carbocycles. The van der Waals surface area contributed by atoms with Crippen molar-refractivity contribution in [2.45, 2.75) is 6.42 Å². The summed E-state index contributed by atoms with van der Waals surface area (Å²) in [5, 5.41) is 0.612. The van der Waals surface area contributed by atoms with E-state index in [1.807, 2.05) is 12.1 Å². The van der Waals surface area contributed by atoms with Crippen LogP contribution >= 0.6 is 11.6 Å². The summed E-state index contributed by atoms with van der Waals surface area (Å²) in [6, 6.07) is 8.71. The molecule has 1 aromatic heterocycles. The minimum atomic E-state index is -0.0991. The van der Waals surface area contributed by atoms with Crippen molar-refractivity contribution in [1.82, 2.24) is 9.97 Å². The molecule has 5 heteroatoms. The number of ketones is 1. The summed E-state index contributed by atoms with van der Waals surface area (Å²) in [7, 11) is 1.49. The number of ether oxygens (including phenoxy) is 1. The molecule has 2 aromatic rings. The Morgan fingerprint density at radius 1 is 1.33 bits per heavy atom. The number of methoxy groups -OCH3 is 1. The lowest BCUT2D eigenvalue weighted by Gasteiger charge is -2.03. The molecule has 2 rings (SSSR count). The zero-order valence-corrected chi connectivity index (χ0v) is 10.5. The van der Waals surface area contributed by atoms with Crippen molar-refractivity contribution >= 4 is 17.4 Å². The molecule has 4 nitrogen and oxygen atoms in total. The van der Waals surface area contributed by atoms with Gasteiger partial charge < -0.3 is 4.74 Å². The molecule has 0 aliphatic heterocycles. The van der Waals surface area contributed by atoms with E-state index in [9.17, 15) is 4.79 Å². The van der Waals surface area contributed by atoms with Gasteiger partial charge in [-0.25, -0.2) is 9.97 Å². The zero-order chi connectivity index (χ0) is 13.0. The lowest BCUT2D eigenvalue weighted by atomic mass is 10.1. The Kier molecular flexibility index (Phi) is 3.89. The van der Waals surface area contributed by atoms with Gasteiger partial charge in [0.25, 0.3) is 0 Å². The largest absolute Gasteiger partial charge is 0.481 e. The van der Waals surface area contributed by atoms with E-state index in [-0.39, 0.29) is 12.2 Å². The Balaban J connectivity index is 2.16. The van der Waals surface area contributed by atoms with E-state index in [1.165, 1.54) is 19.5 Å². The van der Waals surface area contributed by atoms with E-state index in [0.717, 1.165) is 5.56 Å². The highest BCUT2D eigenvalue weighted by molar-refractivity contribution is 6.30. The van der Waals surface area contributed by atoms with Crippen molar-refractivity contribution in [3.8, 4) is 5.88 Å². The summed E-state index contributed by atoms with van der Waals surface area (Å²) in [4.78, 5) is 19.8. The first kappa shape index (κ1) is 12.5. The normalized spacial score (nSPS) is 10.1. The SMILES string of the molecule is COc1cc(C(=O)Cc2cccc(Cl)c2)ncn1. The summed E-state index contributed by atoms with van der Waals surface area (Å²) in [5.41, 5.74) is 1.19. The predicted octanol–water partition coefficient (Wildman–Crippen LogP) is 2.56. The second kappa shape index (κ2) is 5.60. The second-order valence-corrected chi connectivity index (χ2v) is 4.11.